The van der Waals surface area contributed by atoms with Crippen LogP contribution in [0.4, 0.5) is 11.8 Å². The van der Waals surface area contributed by atoms with Gasteiger partial charge in [-0.1, -0.05) is 18.2 Å². The number of hydrogen-bond acceptors (Lipinski definition) is 6. The molecule has 0 aliphatic carbocycles. The van der Waals surface area contributed by atoms with E-state index in [2.05, 4.69) is 43.9 Å². The Morgan fingerprint density at radius 1 is 0.897 bits per heavy atom. The molecule has 0 unspecified atom stereocenters. The van der Waals surface area contributed by atoms with Gasteiger partial charge in [-0.25, -0.2) is 0 Å². The molecule has 0 saturated carbocycles. The first-order valence-corrected chi connectivity index (χ1v) is 11.0. The molecule has 0 spiro atoms. The minimum atomic E-state index is 0.160. The molecule has 154 valence electrons. The molecule has 4 heterocycles. The van der Waals surface area contributed by atoms with Gasteiger partial charge in [-0.05, 0) is 31.7 Å². The molecule has 7 heteroatoms. The highest BCUT2D eigenvalue weighted by Crippen LogP contribution is 2.37. The largest absolute Gasteiger partial charge is 0.395 e. The SMILES string of the molecule is OCCNCCn1c2ccccc2c2c(N3CCCC3)nc(N3CCCC3)nc21. The van der Waals surface area contributed by atoms with E-state index in [-0.39, 0.29) is 6.61 Å². The number of anilines is 2. The van der Waals surface area contributed by atoms with Gasteiger partial charge < -0.3 is 24.8 Å². The highest BCUT2D eigenvalue weighted by molar-refractivity contribution is 6.12. The minimum absolute atomic E-state index is 0.160. The average Bonchev–Trinajstić information content (AvgIpc) is 3.51. The summed E-state index contributed by atoms with van der Waals surface area (Å²) in [7, 11) is 0. The van der Waals surface area contributed by atoms with Gasteiger partial charge >= 0.3 is 0 Å². The van der Waals surface area contributed by atoms with Crippen molar-refractivity contribution in [2.75, 3.05) is 55.7 Å². The van der Waals surface area contributed by atoms with E-state index in [1.54, 1.807) is 0 Å². The van der Waals surface area contributed by atoms with Crippen molar-refractivity contribution in [3.8, 4) is 0 Å². The standard InChI is InChI=1S/C22H30N6O/c29-16-10-23-9-15-28-18-8-2-1-7-17(18)19-20(26-11-3-4-12-26)24-22(25-21(19)28)27-13-5-6-14-27/h1-2,7-8,23,29H,3-6,9-16H2. The Kier molecular flexibility index (Phi) is 5.24. The van der Waals surface area contributed by atoms with Crippen LogP contribution in [-0.2, 0) is 6.54 Å². The molecule has 2 aliphatic rings. The Balaban J connectivity index is 1.68. The molecule has 0 atom stereocenters. The molecular weight excluding hydrogens is 364 g/mol. The number of benzene rings is 1. The first-order chi connectivity index (χ1) is 14.4. The fourth-order valence-corrected chi connectivity index (χ4v) is 4.73. The highest BCUT2D eigenvalue weighted by atomic mass is 16.3. The Morgan fingerprint density at radius 2 is 1.62 bits per heavy atom. The summed E-state index contributed by atoms with van der Waals surface area (Å²) in [6.45, 7) is 6.63. The molecule has 2 saturated heterocycles. The lowest BCUT2D eigenvalue weighted by Crippen LogP contribution is -2.25. The number of aliphatic hydroxyl groups is 1. The van der Waals surface area contributed by atoms with E-state index in [4.69, 9.17) is 15.1 Å². The lowest BCUT2D eigenvalue weighted by atomic mass is 10.2. The van der Waals surface area contributed by atoms with Crippen molar-refractivity contribution in [2.45, 2.75) is 32.2 Å². The Hall–Kier alpha value is -2.38. The van der Waals surface area contributed by atoms with Crippen LogP contribution in [0.15, 0.2) is 24.3 Å². The molecule has 0 radical (unpaired) electrons. The number of rotatable bonds is 7. The second kappa shape index (κ2) is 8.16. The van der Waals surface area contributed by atoms with Crippen molar-refractivity contribution in [1.82, 2.24) is 19.9 Å². The maximum absolute atomic E-state index is 9.08. The van der Waals surface area contributed by atoms with Crippen LogP contribution in [0.5, 0.6) is 0 Å². The van der Waals surface area contributed by atoms with E-state index >= 15 is 0 Å². The van der Waals surface area contributed by atoms with Gasteiger partial charge in [0.2, 0.25) is 5.95 Å². The average molecular weight is 395 g/mol. The molecule has 1 aromatic carbocycles. The number of aliphatic hydroxyl groups excluding tert-OH is 1. The molecule has 5 rings (SSSR count). The Bertz CT molecular complexity index is 988. The van der Waals surface area contributed by atoms with Crippen molar-refractivity contribution < 1.29 is 5.11 Å². The van der Waals surface area contributed by atoms with Crippen LogP contribution in [0.1, 0.15) is 25.7 Å². The van der Waals surface area contributed by atoms with Crippen molar-refractivity contribution >= 4 is 33.7 Å². The molecule has 0 amide bonds. The molecule has 0 bridgehead atoms. The molecule has 3 aromatic rings. The zero-order valence-corrected chi connectivity index (χ0v) is 17.0. The van der Waals surface area contributed by atoms with Crippen LogP contribution in [-0.4, -0.2) is 65.5 Å². The number of fused-ring (bicyclic) bond motifs is 3. The smallest absolute Gasteiger partial charge is 0.229 e. The zero-order valence-electron chi connectivity index (χ0n) is 17.0. The minimum Gasteiger partial charge on any atom is -0.395 e. The molecule has 7 nitrogen and oxygen atoms in total. The molecule has 2 N–H and O–H groups in total. The maximum Gasteiger partial charge on any atom is 0.229 e. The van der Waals surface area contributed by atoms with Crippen LogP contribution < -0.4 is 15.1 Å². The van der Waals surface area contributed by atoms with Gasteiger partial charge in [0.1, 0.15) is 11.5 Å². The Labute approximate surface area is 171 Å². The number of aromatic nitrogens is 3. The van der Waals surface area contributed by atoms with Crippen LogP contribution in [0.2, 0.25) is 0 Å². The van der Waals surface area contributed by atoms with Crippen LogP contribution in [0, 0.1) is 0 Å². The van der Waals surface area contributed by atoms with E-state index < -0.39 is 0 Å². The summed E-state index contributed by atoms with van der Waals surface area (Å²) < 4.78 is 2.33. The monoisotopic (exact) mass is 394 g/mol. The fraction of sp³-hybridized carbons (Fsp3) is 0.545. The van der Waals surface area contributed by atoms with Gasteiger partial charge in [0, 0.05) is 51.2 Å². The summed E-state index contributed by atoms with van der Waals surface area (Å²) in [6.07, 6.45) is 4.89. The summed E-state index contributed by atoms with van der Waals surface area (Å²) in [6, 6.07) is 8.60. The van der Waals surface area contributed by atoms with E-state index in [0.717, 1.165) is 56.7 Å². The van der Waals surface area contributed by atoms with Gasteiger partial charge in [0.15, 0.2) is 0 Å². The third-order valence-corrected chi connectivity index (χ3v) is 6.17. The van der Waals surface area contributed by atoms with Gasteiger partial charge in [-0.15, -0.1) is 0 Å². The molecule has 2 aromatic heterocycles. The first-order valence-electron chi connectivity index (χ1n) is 11.0. The summed E-state index contributed by atoms with van der Waals surface area (Å²) in [5, 5.41) is 14.8. The van der Waals surface area contributed by atoms with Crippen LogP contribution in [0.3, 0.4) is 0 Å². The topological polar surface area (TPSA) is 69.5 Å². The number of hydrogen-bond donors (Lipinski definition) is 2. The lowest BCUT2D eigenvalue weighted by molar-refractivity contribution is 0.292. The van der Waals surface area contributed by atoms with Gasteiger partial charge in [0.25, 0.3) is 0 Å². The zero-order chi connectivity index (χ0) is 19.6. The second-order valence-electron chi connectivity index (χ2n) is 8.08. The van der Waals surface area contributed by atoms with Gasteiger partial charge in [0.05, 0.1) is 17.5 Å². The lowest BCUT2D eigenvalue weighted by Gasteiger charge is -2.22. The number of nitrogens with zero attached hydrogens (tertiary/aromatic N) is 5. The third-order valence-electron chi connectivity index (χ3n) is 6.17. The van der Waals surface area contributed by atoms with Crippen molar-refractivity contribution in [2.24, 2.45) is 0 Å². The van der Waals surface area contributed by atoms with E-state index in [1.807, 2.05) is 0 Å². The van der Waals surface area contributed by atoms with E-state index in [0.29, 0.717) is 6.54 Å². The summed E-state index contributed by atoms with van der Waals surface area (Å²) in [5.41, 5.74) is 2.25. The van der Waals surface area contributed by atoms with Crippen molar-refractivity contribution in [3.05, 3.63) is 24.3 Å². The normalized spacial score (nSPS) is 17.3. The predicted molar refractivity (Wildman–Crippen MR) is 118 cm³/mol. The second-order valence-corrected chi connectivity index (χ2v) is 8.08. The first kappa shape index (κ1) is 18.6. The van der Waals surface area contributed by atoms with Crippen LogP contribution >= 0.6 is 0 Å². The van der Waals surface area contributed by atoms with E-state index in [1.165, 1.54) is 42.0 Å². The van der Waals surface area contributed by atoms with Crippen molar-refractivity contribution in [1.29, 1.82) is 0 Å². The fourth-order valence-electron chi connectivity index (χ4n) is 4.73. The summed E-state index contributed by atoms with van der Waals surface area (Å²) >= 11 is 0. The van der Waals surface area contributed by atoms with Gasteiger partial charge in [-0.3, -0.25) is 0 Å². The maximum atomic E-state index is 9.08. The summed E-state index contributed by atoms with van der Waals surface area (Å²) in [5.74, 6) is 1.98. The molecule has 2 aliphatic heterocycles. The third kappa shape index (κ3) is 3.42. The number of para-hydroxylation sites is 1. The van der Waals surface area contributed by atoms with Crippen LogP contribution in [0.25, 0.3) is 21.9 Å². The highest BCUT2D eigenvalue weighted by Gasteiger charge is 2.25. The Morgan fingerprint density at radius 3 is 2.38 bits per heavy atom. The van der Waals surface area contributed by atoms with Gasteiger partial charge in [-0.2, -0.15) is 9.97 Å². The summed E-state index contributed by atoms with van der Waals surface area (Å²) in [4.78, 5) is 15.0. The quantitative estimate of drug-likeness (QED) is 0.600. The molecule has 2 fully saturated rings. The molecule has 29 heavy (non-hydrogen) atoms. The number of nitrogens with one attached hydrogen (secondary N) is 1. The predicted octanol–water partition coefficient (Wildman–Crippen LogP) is 2.37. The van der Waals surface area contributed by atoms with Crippen molar-refractivity contribution in [3.63, 3.8) is 0 Å². The molecular formula is C22H30N6O. The van der Waals surface area contributed by atoms with E-state index in [9.17, 15) is 0 Å².